The highest BCUT2D eigenvalue weighted by Crippen LogP contribution is 2.14. The third kappa shape index (κ3) is 4.94. The molecule has 2 heterocycles. The molecule has 0 aliphatic rings. The van der Waals surface area contributed by atoms with Gasteiger partial charge < -0.3 is 19.4 Å². The Balaban J connectivity index is 1.71. The van der Waals surface area contributed by atoms with Gasteiger partial charge >= 0.3 is 5.97 Å². The molecule has 8 heteroatoms. The van der Waals surface area contributed by atoms with Crippen molar-refractivity contribution >= 4 is 11.9 Å². The Kier molecular flexibility index (Phi) is 6.11. The fourth-order valence-corrected chi connectivity index (χ4v) is 2.23. The van der Waals surface area contributed by atoms with Crippen molar-refractivity contribution in [1.29, 1.82) is 0 Å². The number of rotatable bonds is 9. The molecule has 0 bridgehead atoms. The Labute approximate surface area is 139 Å². The van der Waals surface area contributed by atoms with Gasteiger partial charge in [-0.2, -0.15) is 4.98 Å². The Morgan fingerprint density at radius 1 is 1.33 bits per heavy atom. The smallest absolute Gasteiger partial charge is 0.339 e. The summed E-state index contributed by atoms with van der Waals surface area (Å²) in [6.45, 7) is 3.78. The van der Waals surface area contributed by atoms with Gasteiger partial charge in [0.25, 0.3) is 0 Å². The van der Waals surface area contributed by atoms with Crippen LogP contribution in [0, 0.1) is 6.92 Å². The quantitative estimate of drug-likeness (QED) is 0.721. The molecular formula is C16H21N3O5. The largest absolute Gasteiger partial charge is 0.478 e. The van der Waals surface area contributed by atoms with E-state index in [2.05, 4.69) is 15.5 Å². The molecule has 130 valence electrons. The first-order valence-corrected chi connectivity index (χ1v) is 7.90. The third-order valence-corrected chi connectivity index (χ3v) is 3.44. The maximum absolute atomic E-state index is 11.8. The van der Waals surface area contributed by atoms with E-state index in [-0.39, 0.29) is 18.0 Å². The van der Waals surface area contributed by atoms with Gasteiger partial charge in [0, 0.05) is 19.3 Å². The zero-order valence-corrected chi connectivity index (χ0v) is 13.8. The average Bonchev–Trinajstić information content (AvgIpc) is 3.12. The molecule has 0 saturated carbocycles. The maximum Gasteiger partial charge on any atom is 0.339 e. The summed E-state index contributed by atoms with van der Waals surface area (Å²) in [4.78, 5) is 27.0. The van der Waals surface area contributed by atoms with E-state index < -0.39 is 5.97 Å². The number of carbonyl (C=O) groups is 2. The fourth-order valence-electron chi connectivity index (χ4n) is 2.23. The number of carboxylic acid groups (broad SMARTS) is 1. The van der Waals surface area contributed by atoms with Crippen molar-refractivity contribution < 1.29 is 23.6 Å². The highest BCUT2D eigenvalue weighted by atomic mass is 16.5. The van der Waals surface area contributed by atoms with Gasteiger partial charge in [-0.15, -0.1) is 0 Å². The van der Waals surface area contributed by atoms with Crippen LogP contribution in [-0.4, -0.2) is 27.1 Å². The molecule has 2 N–H and O–H groups in total. The number of nitrogens with one attached hydrogen (secondary N) is 1. The van der Waals surface area contributed by atoms with E-state index in [1.54, 1.807) is 6.92 Å². The number of nitrogens with zero attached hydrogens (tertiary/aromatic N) is 2. The van der Waals surface area contributed by atoms with Gasteiger partial charge in [-0.3, -0.25) is 4.79 Å². The number of amides is 1. The molecule has 2 rings (SSSR count). The lowest BCUT2D eigenvalue weighted by Gasteiger charge is -2.02. The van der Waals surface area contributed by atoms with E-state index in [1.807, 2.05) is 6.92 Å². The van der Waals surface area contributed by atoms with Gasteiger partial charge in [0.2, 0.25) is 11.8 Å². The van der Waals surface area contributed by atoms with Crippen LogP contribution < -0.4 is 5.32 Å². The molecule has 2 aromatic heterocycles. The normalized spacial score (nSPS) is 10.8. The van der Waals surface area contributed by atoms with Crippen LogP contribution in [0.1, 0.15) is 59.8 Å². The Hall–Kier alpha value is -2.64. The summed E-state index contributed by atoms with van der Waals surface area (Å²) in [5, 5.41) is 15.5. The molecule has 0 unspecified atom stereocenters. The molecule has 0 atom stereocenters. The minimum absolute atomic E-state index is 0.110. The topological polar surface area (TPSA) is 118 Å². The lowest BCUT2D eigenvalue weighted by Crippen LogP contribution is -2.22. The number of aryl methyl sites for hydroxylation is 3. The zero-order chi connectivity index (χ0) is 17.5. The molecule has 2 aromatic rings. The summed E-state index contributed by atoms with van der Waals surface area (Å²) in [5.41, 5.74) is 0.110. The molecule has 0 fully saturated rings. The van der Waals surface area contributed by atoms with Crippen molar-refractivity contribution in [3.8, 4) is 0 Å². The van der Waals surface area contributed by atoms with Crippen LogP contribution in [0.15, 0.2) is 15.0 Å². The van der Waals surface area contributed by atoms with E-state index in [9.17, 15) is 9.59 Å². The summed E-state index contributed by atoms with van der Waals surface area (Å²) in [6, 6.07) is 1.42. The summed E-state index contributed by atoms with van der Waals surface area (Å²) in [7, 11) is 0. The number of aromatic carboxylic acids is 1. The fraction of sp³-hybridized carbons (Fsp3) is 0.500. The first kappa shape index (κ1) is 17.7. The third-order valence-electron chi connectivity index (χ3n) is 3.44. The molecule has 0 aliphatic heterocycles. The van der Waals surface area contributed by atoms with Gasteiger partial charge in [0.15, 0.2) is 5.82 Å². The Morgan fingerprint density at radius 3 is 2.79 bits per heavy atom. The van der Waals surface area contributed by atoms with Gasteiger partial charge in [-0.05, 0) is 25.8 Å². The molecule has 0 aliphatic carbocycles. The van der Waals surface area contributed by atoms with Crippen molar-refractivity contribution in [3.63, 3.8) is 0 Å². The first-order chi connectivity index (χ1) is 11.5. The van der Waals surface area contributed by atoms with E-state index >= 15 is 0 Å². The van der Waals surface area contributed by atoms with Crippen LogP contribution in [0.3, 0.4) is 0 Å². The Morgan fingerprint density at radius 2 is 2.12 bits per heavy atom. The van der Waals surface area contributed by atoms with Gasteiger partial charge in [-0.25, -0.2) is 4.79 Å². The van der Waals surface area contributed by atoms with Crippen LogP contribution in [0.4, 0.5) is 0 Å². The number of hydrogen-bond donors (Lipinski definition) is 2. The van der Waals surface area contributed by atoms with E-state index in [0.29, 0.717) is 42.5 Å². The lowest BCUT2D eigenvalue weighted by atomic mass is 10.2. The number of carboxylic acids is 1. The summed E-state index contributed by atoms with van der Waals surface area (Å²) in [6.07, 6.45) is 3.20. The molecule has 24 heavy (non-hydrogen) atoms. The minimum atomic E-state index is -1.05. The molecule has 0 aromatic carbocycles. The van der Waals surface area contributed by atoms with Crippen LogP contribution in [0.2, 0.25) is 0 Å². The van der Waals surface area contributed by atoms with Crippen molar-refractivity contribution in [2.24, 2.45) is 0 Å². The van der Waals surface area contributed by atoms with Crippen LogP contribution >= 0.6 is 0 Å². The van der Waals surface area contributed by atoms with Crippen LogP contribution in [0.25, 0.3) is 0 Å². The van der Waals surface area contributed by atoms with Gasteiger partial charge in [0.1, 0.15) is 17.1 Å². The van der Waals surface area contributed by atoms with Crippen molar-refractivity contribution in [1.82, 2.24) is 15.5 Å². The molecule has 0 radical (unpaired) electrons. The predicted molar refractivity (Wildman–Crippen MR) is 83.5 cm³/mol. The molecule has 1 amide bonds. The number of aromatic nitrogens is 2. The van der Waals surface area contributed by atoms with Crippen molar-refractivity contribution in [3.05, 3.63) is 34.9 Å². The van der Waals surface area contributed by atoms with E-state index in [4.69, 9.17) is 14.0 Å². The second kappa shape index (κ2) is 8.28. The first-order valence-electron chi connectivity index (χ1n) is 7.90. The highest BCUT2D eigenvalue weighted by Gasteiger charge is 2.14. The monoisotopic (exact) mass is 335 g/mol. The van der Waals surface area contributed by atoms with Gasteiger partial charge in [0.05, 0.1) is 6.54 Å². The SMILES string of the molecule is CCCc1noc(CCCC(=O)NCc2cc(C(=O)O)c(C)o2)n1. The molecule has 0 saturated heterocycles. The lowest BCUT2D eigenvalue weighted by molar-refractivity contribution is -0.121. The number of hydrogen-bond acceptors (Lipinski definition) is 6. The standard InChI is InChI=1S/C16H21N3O5/c1-3-5-13-18-15(24-19-13)7-4-6-14(20)17-9-11-8-12(16(21)22)10(2)23-11/h8H,3-7,9H2,1-2H3,(H,17,20)(H,21,22). The maximum atomic E-state index is 11.8. The summed E-state index contributed by atoms with van der Waals surface area (Å²) >= 11 is 0. The molecular weight excluding hydrogens is 314 g/mol. The number of furan rings is 1. The zero-order valence-electron chi connectivity index (χ0n) is 13.8. The highest BCUT2D eigenvalue weighted by molar-refractivity contribution is 5.88. The Bertz CT molecular complexity index is 704. The second-order valence-electron chi connectivity index (χ2n) is 5.47. The second-order valence-corrected chi connectivity index (χ2v) is 5.47. The van der Waals surface area contributed by atoms with E-state index in [1.165, 1.54) is 6.07 Å². The molecule has 0 spiro atoms. The number of carbonyl (C=O) groups excluding carboxylic acids is 1. The minimum Gasteiger partial charge on any atom is -0.478 e. The average molecular weight is 335 g/mol. The summed E-state index contributed by atoms with van der Waals surface area (Å²) < 4.78 is 10.4. The predicted octanol–water partition coefficient (Wildman–Crippen LogP) is 2.26. The van der Waals surface area contributed by atoms with Gasteiger partial charge in [-0.1, -0.05) is 12.1 Å². The van der Waals surface area contributed by atoms with Crippen molar-refractivity contribution in [2.45, 2.75) is 52.5 Å². The van der Waals surface area contributed by atoms with Crippen LogP contribution in [-0.2, 0) is 24.2 Å². The van der Waals surface area contributed by atoms with Crippen LogP contribution in [0.5, 0.6) is 0 Å². The van der Waals surface area contributed by atoms with E-state index in [0.717, 1.165) is 12.8 Å². The van der Waals surface area contributed by atoms with Crippen molar-refractivity contribution in [2.75, 3.05) is 0 Å². The molecule has 8 nitrogen and oxygen atoms in total. The summed E-state index contributed by atoms with van der Waals surface area (Å²) in [5.74, 6) is 0.786.